The van der Waals surface area contributed by atoms with E-state index in [1.165, 1.54) is 295 Å². The molecular weight excluding hydrogens is 985 g/mol. The molecule has 0 aliphatic carbocycles. The Bertz CT molecular complexity index is 1340. The maximum Gasteiger partial charge on any atom is 0.306 e. The van der Waals surface area contributed by atoms with E-state index >= 15 is 0 Å². The van der Waals surface area contributed by atoms with E-state index in [9.17, 15) is 14.4 Å². The highest BCUT2D eigenvalue weighted by Crippen LogP contribution is 2.18. The monoisotopic (exact) mass is 1120 g/mol. The Morgan fingerprint density at radius 3 is 0.625 bits per heavy atom. The molecule has 0 N–H and O–H groups in total. The average Bonchev–Trinajstić information content (AvgIpc) is 3.46. The number of carbonyl (C=O) groups excluding carboxylic acids is 3. The van der Waals surface area contributed by atoms with E-state index in [0.717, 1.165) is 64.2 Å². The second kappa shape index (κ2) is 69.1. The van der Waals surface area contributed by atoms with Gasteiger partial charge in [-0.2, -0.15) is 0 Å². The van der Waals surface area contributed by atoms with Gasteiger partial charge in [-0.1, -0.05) is 320 Å². The molecule has 0 spiro atoms. The van der Waals surface area contributed by atoms with Crippen LogP contribution in [0.1, 0.15) is 400 Å². The molecule has 1 unspecified atom stereocenters. The molecule has 1 atom stereocenters. The SMILES string of the molecule is CCCCCCCC/C=C\CCCCCCCCCCCC(=O)OC(COC(=O)CCCCCCC/C=C\CCCCCCCCC)COC(=O)CCCCCCCCCCCCCCCCC/C=C\CCCCCCCCCC. The van der Waals surface area contributed by atoms with Crippen molar-refractivity contribution in [3.05, 3.63) is 36.5 Å². The fourth-order valence-electron chi connectivity index (χ4n) is 10.9. The summed E-state index contributed by atoms with van der Waals surface area (Å²) in [5.41, 5.74) is 0. The van der Waals surface area contributed by atoms with Crippen LogP contribution in [0.15, 0.2) is 36.5 Å². The first-order chi connectivity index (χ1) is 39.5. The van der Waals surface area contributed by atoms with Crippen LogP contribution in [0.25, 0.3) is 0 Å². The minimum absolute atomic E-state index is 0.0713. The van der Waals surface area contributed by atoms with Crippen molar-refractivity contribution in [3.63, 3.8) is 0 Å². The molecule has 0 aromatic rings. The summed E-state index contributed by atoms with van der Waals surface area (Å²) in [5, 5.41) is 0. The Hall–Kier alpha value is -2.37. The number of hydrogen-bond donors (Lipinski definition) is 0. The Kier molecular flexibility index (Phi) is 67.1. The van der Waals surface area contributed by atoms with Gasteiger partial charge in [0, 0.05) is 19.3 Å². The van der Waals surface area contributed by atoms with E-state index in [0.29, 0.717) is 19.3 Å². The van der Waals surface area contributed by atoms with Crippen LogP contribution in [0.2, 0.25) is 0 Å². The van der Waals surface area contributed by atoms with E-state index in [-0.39, 0.29) is 31.1 Å². The Morgan fingerprint density at radius 1 is 0.237 bits per heavy atom. The quantitative estimate of drug-likeness (QED) is 0.0261. The van der Waals surface area contributed by atoms with Crippen molar-refractivity contribution in [2.45, 2.75) is 406 Å². The third-order valence-corrected chi connectivity index (χ3v) is 16.3. The van der Waals surface area contributed by atoms with Gasteiger partial charge in [-0.3, -0.25) is 14.4 Å². The minimum Gasteiger partial charge on any atom is -0.462 e. The Labute approximate surface area is 499 Å². The lowest BCUT2D eigenvalue weighted by Gasteiger charge is -2.18. The number of ether oxygens (including phenoxy) is 3. The molecule has 6 heteroatoms. The molecule has 0 aliphatic heterocycles. The van der Waals surface area contributed by atoms with E-state index in [2.05, 4.69) is 57.2 Å². The normalized spacial score (nSPS) is 12.2. The fraction of sp³-hybridized carbons (Fsp3) is 0.878. The summed E-state index contributed by atoms with van der Waals surface area (Å²) in [4.78, 5) is 38.5. The molecule has 0 aromatic carbocycles. The number of allylic oxidation sites excluding steroid dienone is 6. The summed E-state index contributed by atoms with van der Waals surface area (Å²) < 4.78 is 17.0. The zero-order chi connectivity index (χ0) is 57.8. The molecule has 0 heterocycles. The van der Waals surface area contributed by atoms with Crippen molar-refractivity contribution >= 4 is 17.9 Å². The summed E-state index contributed by atoms with van der Waals surface area (Å²) in [6.45, 7) is 6.70. The lowest BCUT2D eigenvalue weighted by Crippen LogP contribution is -2.30. The summed E-state index contributed by atoms with van der Waals surface area (Å²) in [6.07, 6.45) is 86.0. The molecule has 6 nitrogen and oxygen atoms in total. The van der Waals surface area contributed by atoms with Crippen molar-refractivity contribution in [1.29, 1.82) is 0 Å². The molecule has 0 amide bonds. The molecule has 80 heavy (non-hydrogen) atoms. The fourth-order valence-corrected chi connectivity index (χ4v) is 10.9. The number of hydrogen-bond acceptors (Lipinski definition) is 6. The summed E-state index contributed by atoms with van der Waals surface area (Å²) in [5.74, 6) is -0.853. The van der Waals surface area contributed by atoms with Crippen molar-refractivity contribution in [2.75, 3.05) is 13.2 Å². The van der Waals surface area contributed by atoms with Crippen molar-refractivity contribution < 1.29 is 28.6 Å². The van der Waals surface area contributed by atoms with E-state index in [1.807, 2.05) is 0 Å². The first kappa shape index (κ1) is 77.6. The summed E-state index contributed by atoms with van der Waals surface area (Å²) in [7, 11) is 0. The van der Waals surface area contributed by atoms with Crippen molar-refractivity contribution in [1.82, 2.24) is 0 Å². The van der Waals surface area contributed by atoms with E-state index in [1.54, 1.807) is 0 Å². The van der Waals surface area contributed by atoms with Gasteiger partial charge in [0.1, 0.15) is 13.2 Å². The van der Waals surface area contributed by atoms with Crippen LogP contribution in [-0.4, -0.2) is 37.2 Å². The van der Waals surface area contributed by atoms with Crippen LogP contribution in [0.3, 0.4) is 0 Å². The van der Waals surface area contributed by atoms with E-state index in [4.69, 9.17) is 14.2 Å². The van der Waals surface area contributed by atoms with Gasteiger partial charge in [0.2, 0.25) is 0 Å². The Balaban J connectivity index is 4.26. The molecule has 0 aliphatic rings. The maximum atomic E-state index is 13.0. The number of esters is 3. The molecule has 0 radical (unpaired) electrons. The van der Waals surface area contributed by atoms with Gasteiger partial charge in [-0.15, -0.1) is 0 Å². The van der Waals surface area contributed by atoms with Gasteiger partial charge in [-0.05, 0) is 96.3 Å². The second-order valence-corrected chi connectivity index (χ2v) is 24.5. The molecule has 0 aromatic heterocycles. The topological polar surface area (TPSA) is 78.9 Å². The average molecular weight is 1120 g/mol. The molecular formula is C74H138O6. The zero-order valence-corrected chi connectivity index (χ0v) is 54.1. The molecule has 470 valence electrons. The Morgan fingerprint density at radius 2 is 0.412 bits per heavy atom. The number of unbranched alkanes of at least 4 members (excludes halogenated alkanes) is 50. The standard InChI is InChI=1S/C74H138O6/c1-4-7-10-13-16-19-22-25-28-31-33-34-35-36-37-38-39-40-42-43-46-49-52-55-58-61-64-67-73(76)79-70-71(69-78-72(75)66-63-60-57-54-51-48-45-30-27-24-21-18-15-12-9-6-3)80-74(77)68-65-62-59-56-53-50-47-44-41-32-29-26-23-20-17-14-11-8-5-2/h26,29-31,33,45,71H,4-25,27-28,32,34-44,46-70H2,1-3H3/b29-26-,33-31-,45-30-. The highest BCUT2D eigenvalue weighted by Gasteiger charge is 2.19. The maximum absolute atomic E-state index is 13.0. The predicted molar refractivity (Wildman–Crippen MR) is 349 cm³/mol. The van der Waals surface area contributed by atoms with Crippen LogP contribution in [0.4, 0.5) is 0 Å². The molecule has 0 saturated heterocycles. The summed E-state index contributed by atoms with van der Waals surface area (Å²) >= 11 is 0. The number of rotatable bonds is 67. The lowest BCUT2D eigenvalue weighted by molar-refractivity contribution is -0.167. The van der Waals surface area contributed by atoms with Crippen LogP contribution in [0.5, 0.6) is 0 Å². The number of carbonyl (C=O) groups is 3. The summed E-state index contributed by atoms with van der Waals surface area (Å²) in [6, 6.07) is 0. The highest BCUT2D eigenvalue weighted by atomic mass is 16.6. The molecule has 0 bridgehead atoms. The van der Waals surface area contributed by atoms with Crippen LogP contribution < -0.4 is 0 Å². The predicted octanol–water partition coefficient (Wildman–Crippen LogP) is 24.7. The first-order valence-electron chi connectivity index (χ1n) is 36.0. The lowest BCUT2D eigenvalue weighted by atomic mass is 10.0. The third kappa shape index (κ3) is 66.4. The molecule has 0 rings (SSSR count). The molecule has 0 fully saturated rings. The van der Waals surface area contributed by atoms with Crippen LogP contribution in [-0.2, 0) is 28.6 Å². The van der Waals surface area contributed by atoms with E-state index < -0.39 is 6.10 Å². The van der Waals surface area contributed by atoms with Crippen LogP contribution >= 0.6 is 0 Å². The van der Waals surface area contributed by atoms with Gasteiger partial charge in [0.05, 0.1) is 0 Å². The largest absolute Gasteiger partial charge is 0.462 e. The first-order valence-corrected chi connectivity index (χ1v) is 36.0. The molecule has 0 saturated carbocycles. The van der Waals surface area contributed by atoms with Gasteiger partial charge in [-0.25, -0.2) is 0 Å². The minimum atomic E-state index is -0.776. The van der Waals surface area contributed by atoms with Gasteiger partial charge < -0.3 is 14.2 Å². The second-order valence-electron chi connectivity index (χ2n) is 24.5. The third-order valence-electron chi connectivity index (χ3n) is 16.3. The van der Waals surface area contributed by atoms with Crippen molar-refractivity contribution in [3.8, 4) is 0 Å². The van der Waals surface area contributed by atoms with Crippen molar-refractivity contribution in [2.24, 2.45) is 0 Å². The van der Waals surface area contributed by atoms with Crippen LogP contribution in [0, 0.1) is 0 Å². The van der Waals surface area contributed by atoms with Gasteiger partial charge in [0.25, 0.3) is 0 Å². The van der Waals surface area contributed by atoms with Gasteiger partial charge >= 0.3 is 17.9 Å². The van der Waals surface area contributed by atoms with Gasteiger partial charge in [0.15, 0.2) is 6.10 Å². The smallest absolute Gasteiger partial charge is 0.306 e. The zero-order valence-electron chi connectivity index (χ0n) is 54.1. The highest BCUT2D eigenvalue weighted by molar-refractivity contribution is 5.71.